The summed E-state index contributed by atoms with van der Waals surface area (Å²) >= 11 is 0. The van der Waals surface area contributed by atoms with Crippen molar-refractivity contribution in [2.75, 3.05) is 6.54 Å². The Balaban J connectivity index is 0.000000605. The van der Waals surface area contributed by atoms with Crippen LogP contribution in [-0.4, -0.2) is 11.4 Å². The van der Waals surface area contributed by atoms with Gasteiger partial charge in [0.25, 0.3) is 0 Å². The molecule has 0 atom stereocenters. The Morgan fingerprint density at radius 1 is 1.08 bits per heavy atom. The highest BCUT2D eigenvalue weighted by molar-refractivity contribution is 5.85. The first kappa shape index (κ1) is 11.3. The number of halogens is 2. The highest BCUT2D eigenvalue weighted by Crippen LogP contribution is 2.14. The van der Waals surface area contributed by atoms with Crippen LogP contribution in [0.4, 0.5) is 0 Å². The summed E-state index contributed by atoms with van der Waals surface area (Å²) in [6, 6.07) is 0. The van der Waals surface area contributed by atoms with Crippen LogP contribution in [0.25, 0.3) is 0 Å². The summed E-state index contributed by atoms with van der Waals surface area (Å²) < 4.78 is 0. The van der Waals surface area contributed by atoms with E-state index < -0.39 is 0 Å². The van der Waals surface area contributed by atoms with Crippen LogP contribution in [-0.2, 0) is 0 Å². The molecule has 0 N–H and O–H groups in total. The van der Waals surface area contributed by atoms with E-state index >= 15 is 0 Å². The van der Waals surface area contributed by atoms with Gasteiger partial charge in [-0.25, -0.2) is 0 Å². The van der Waals surface area contributed by atoms with Crippen molar-refractivity contribution in [1.82, 2.24) is 4.90 Å². The van der Waals surface area contributed by atoms with Crippen molar-refractivity contribution in [2.45, 2.75) is 0 Å². The van der Waals surface area contributed by atoms with Crippen LogP contribution in [0.3, 0.4) is 0 Å². The highest BCUT2D eigenvalue weighted by Gasteiger charge is 2.05. The number of rotatable bonds is 0. The predicted molar refractivity (Wildman–Crippen MR) is 56.7 cm³/mol. The van der Waals surface area contributed by atoms with Gasteiger partial charge in [-0.3, -0.25) is 0 Å². The standard InChI is InChI=1S/C9H9N.2ClH/c1-3-7-10-8-4-2-6-9(10)5-1;;/h1-7H,8H2;2*1H. The van der Waals surface area contributed by atoms with Gasteiger partial charge in [-0.2, -0.15) is 0 Å². The van der Waals surface area contributed by atoms with Crippen LogP contribution >= 0.6 is 24.8 Å². The molecule has 0 aromatic heterocycles. The van der Waals surface area contributed by atoms with Crippen molar-refractivity contribution in [3.8, 4) is 0 Å². The molecule has 2 aliphatic heterocycles. The minimum Gasteiger partial charge on any atom is -0.344 e. The second kappa shape index (κ2) is 5.07. The van der Waals surface area contributed by atoms with Crippen molar-refractivity contribution < 1.29 is 0 Å². The maximum absolute atomic E-state index is 2.21. The van der Waals surface area contributed by atoms with Gasteiger partial charge in [-0.05, 0) is 18.2 Å². The molecule has 1 nitrogen and oxygen atoms in total. The molecule has 0 radical (unpaired) electrons. The SMILES string of the molecule is C1=CCN2C=CC=CC2=C1.Cl.Cl. The first-order chi connectivity index (χ1) is 4.97. The summed E-state index contributed by atoms with van der Waals surface area (Å²) in [5, 5.41) is 0. The number of allylic oxidation sites excluding steroid dienone is 5. The summed E-state index contributed by atoms with van der Waals surface area (Å²) in [7, 11) is 0. The van der Waals surface area contributed by atoms with Crippen LogP contribution in [0.5, 0.6) is 0 Å². The maximum Gasteiger partial charge on any atom is 0.0409 e. The fourth-order valence-electron chi connectivity index (χ4n) is 1.15. The van der Waals surface area contributed by atoms with Gasteiger partial charge in [-0.15, -0.1) is 24.8 Å². The molecule has 3 heteroatoms. The molecule has 0 saturated carbocycles. The molecule has 0 spiro atoms. The van der Waals surface area contributed by atoms with E-state index in [0.29, 0.717) is 0 Å². The molecule has 66 valence electrons. The molecule has 0 saturated heterocycles. The average Bonchev–Trinajstić information content (AvgIpc) is 2.05. The van der Waals surface area contributed by atoms with Crippen LogP contribution in [0.15, 0.2) is 48.4 Å². The second-order valence-electron chi connectivity index (χ2n) is 2.37. The molecule has 0 fully saturated rings. The lowest BCUT2D eigenvalue weighted by molar-refractivity contribution is 0.523. The molecule has 0 bridgehead atoms. The van der Waals surface area contributed by atoms with Gasteiger partial charge >= 0.3 is 0 Å². The Morgan fingerprint density at radius 3 is 2.67 bits per heavy atom. The van der Waals surface area contributed by atoms with E-state index in [1.54, 1.807) is 0 Å². The molecule has 12 heavy (non-hydrogen) atoms. The third kappa shape index (κ3) is 2.16. The Bertz CT molecular complexity index is 251. The minimum atomic E-state index is 0. The van der Waals surface area contributed by atoms with E-state index in [1.165, 1.54) is 5.70 Å². The van der Waals surface area contributed by atoms with E-state index in [4.69, 9.17) is 0 Å². The van der Waals surface area contributed by atoms with Crippen LogP contribution in [0, 0.1) is 0 Å². The van der Waals surface area contributed by atoms with Crippen LogP contribution < -0.4 is 0 Å². The highest BCUT2D eigenvalue weighted by atomic mass is 35.5. The monoisotopic (exact) mass is 203 g/mol. The van der Waals surface area contributed by atoms with Crippen molar-refractivity contribution in [3.63, 3.8) is 0 Å². The van der Waals surface area contributed by atoms with E-state index in [2.05, 4.69) is 47.6 Å². The van der Waals surface area contributed by atoms with E-state index in [1.807, 2.05) is 0 Å². The normalized spacial score (nSPS) is 17.3. The predicted octanol–water partition coefficient (Wildman–Crippen LogP) is 2.67. The molecular formula is C9H11Cl2N. The second-order valence-corrected chi connectivity index (χ2v) is 2.37. The lowest BCUT2D eigenvalue weighted by Crippen LogP contribution is -2.18. The van der Waals surface area contributed by atoms with Gasteiger partial charge in [-0.1, -0.05) is 18.2 Å². The van der Waals surface area contributed by atoms with Crippen molar-refractivity contribution in [3.05, 3.63) is 48.4 Å². The van der Waals surface area contributed by atoms with Crippen molar-refractivity contribution >= 4 is 24.8 Å². The zero-order valence-electron chi connectivity index (χ0n) is 6.51. The molecule has 2 heterocycles. The summed E-state index contributed by atoms with van der Waals surface area (Å²) in [5.74, 6) is 0. The number of hydrogen-bond donors (Lipinski definition) is 0. The van der Waals surface area contributed by atoms with Gasteiger partial charge in [0, 0.05) is 18.4 Å². The van der Waals surface area contributed by atoms with Crippen molar-refractivity contribution in [2.24, 2.45) is 0 Å². The molecule has 0 aromatic rings. The summed E-state index contributed by atoms with van der Waals surface area (Å²) in [5.41, 5.74) is 1.28. The third-order valence-corrected chi connectivity index (χ3v) is 1.68. The quantitative estimate of drug-likeness (QED) is 0.586. The molecule has 2 rings (SSSR count). The maximum atomic E-state index is 2.21. The molecular weight excluding hydrogens is 193 g/mol. The number of fused-ring (bicyclic) bond motifs is 1. The van der Waals surface area contributed by atoms with Gasteiger partial charge in [0.05, 0.1) is 0 Å². The Morgan fingerprint density at radius 2 is 1.92 bits per heavy atom. The molecule has 0 amide bonds. The fourth-order valence-corrected chi connectivity index (χ4v) is 1.15. The lowest BCUT2D eigenvalue weighted by Gasteiger charge is -2.23. The van der Waals surface area contributed by atoms with Gasteiger partial charge < -0.3 is 4.90 Å². The smallest absolute Gasteiger partial charge is 0.0409 e. The Kier molecular flexibility index (Phi) is 4.79. The fraction of sp³-hybridized carbons (Fsp3) is 0.111. The summed E-state index contributed by atoms with van der Waals surface area (Å²) in [6.07, 6.45) is 14.7. The molecule has 0 aliphatic carbocycles. The van der Waals surface area contributed by atoms with Crippen molar-refractivity contribution in [1.29, 1.82) is 0 Å². The first-order valence-electron chi connectivity index (χ1n) is 3.45. The number of nitrogens with zero attached hydrogens (tertiary/aromatic N) is 1. The average molecular weight is 204 g/mol. The summed E-state index contributed by atoms with van der Waals surface area (Å²) in [6.45, 7) is 1.01. The zero-order valence-corrected chi connectivity index (χ0v) is 8.15. The van der Waals surface area contributed by atoms with E-state index in [-0.39, 0.29) is 24.8 Å². The first-order valence-corrected chi connectivity index (χ1v) is 3.45. The Hall–Kier alpha value is -0.660. The minimum absolute atomic E-state index is 0. The Labute approximate surface area is 85.0 Å². The number of hydrogen-bond acceptors (Lipinski definition) is 1. The van der Waals surface area contributed by atoms with Crippen LogP contribution in [0.2, 0.25) is 0 Å². The largest absolute Gasteiger partial charge is 0.344 e. The topological polar surface area (TPSA) is 3.24 Å². The lowest BCUT2D eigenvalue weighted by atomic mass is 10.2. The van der Waals surface area contributed by atoms with E-state index in [0.717, 1.165) is 6.54 Å². The van der Waals surface area contributed by atoms with Gasteiger partial charge in [0.2, 0.25) is 0 Å². The third-order valence-electron chi connectivity index (χ3n) is 1.68. The molecule has 0 unspecified atom stereocenters. The van der Waals surface area contributed by atoms with Gasteiger partial charge in [0.15, 0.2) is 0 Å². The van der Waals surface area contributed by atoms with E-state index in [9.17, 15) is 0 Å². The van der Waals surface area contributed by atoms with Crippen LogP contribution in [0.1, 0.15) is 0 Å². The summed E-state index contributed by atoms with van der Waals surface area (Å²) in [4.78, 5) is 2.21. The van der Waals surface area contributed by atoms with Gasteiger partial charge in [0.1, 0.15) is 0 Å². The molecule has 0 aromatic carbocycles. The molecule has 2 aliphatic rings. The zero-order chi connectivity index (χ0) is 6.81.